The van der Waals surface area contributed by atoms with Gasteiger partial charge in [-0.05, 0) is 56.2 Å². The van der Waals surface area contributed by atoms with Gasteiger partial charge < -0.3 is 10.2 Å². The lowest BCUT2D eigenvalue weighted by atomic mass is 10.1. The number of amides is 2. The SMILES string of the molecule is CCCNC(=O)C(C)N(Cc1ccccc1Cl)C(=O)CN(c1ccccc1)S(=O)(=O)c1ccc(C)cc1. The minimum absolute atomic E-state index is 0.0480. The molecule has 0 saturated carbocycles. The number of rotatable bonds is 11. The summed E-state index contributed by atoms with van der Waals surface area (Å²) in [6, 6.07) is 21.1. The summed E-state index contributed by atoms with van der Waals surface area (Å²) < 4.78 is 28.5. The van der Waals surface area contributed by atoms with Crippen LogP contribution < -0.4 is 9.62 Å². The Morgan fingerprint density at radius 3 is 2.19 bits per heavy atom. The summed E-state index contributed by atoms with van der Waals surface area (Å²) in [5.74, 6) is -0.853. The molecule has 1 unspecified atom stereocenters. The molecule has 0 fully saturated rings. The standard InChI is InChI=1S/C28H32ClN3O4S/c1-4-18-30-28(34)22(3)31(19-23-10-8-9-13-26(23)29)27(33)20-32(24-11-6-5-7-12-24)37(35,36)25-16-14-21(2)15-17-25/h5-17,22H,4,18-20H2,1-3H3,(H,30,34). The topological polar surface area (TPSA) is 86.8 Å². The number of carbonyl (C=O) groups excluding carboxylic acids is 2. The molecule has 0 aliphatic carbocycles. The van der Waals surface area contributed by atoms with Gasteiger partial charge >= 0.3 is 0 Å². The van der Waals surface area contributed by atoms with Crippen molar-refractivity contribution in [3.63, 3.8) is 0 Å². The van der Waals surface area contributed by atoms with Crippen molar-refractivity contribution >= 4 is 39.1 Å². The van der Waals surface area contributed by atoms with Crippen LogP contribution >= 0.6 is 11.6 Å². The van der Waals surface area contributed by atoms with E-state index >= 15 is 0 Å². The zero-order valence-corrected chi connectivity index (χ0v) is 22.8. The summed E-state index contributed by atoms with van der Waals surface area (Å²) in [5.41, 5.74) is 1.91. The molecule has 0 bridgehead atoms. The van der Waals surface area contributed by atoms with Crippen molar-refractivity contribution in [1.29, 1.82) is 0 Å². The molecule has 3 aromatic carbocycles. The molecule has 0 heterocycles. The van der Waals surface area contributed by atoms with E-state index in [1.165, 1.54) is 17.0 Å². The van der Waals surface area contributed by atoms with Gasteiger partial charge in [0.25, 0.3) is 10.0 Å². The predicted molar refractivity (Wildman–Crippen MR) is 147 cm³/mol. The van der Waals surface area contributed by atoms with Gasteiger partial charge in [-0.1, -0.05) is 72.6 Å². The van der Waals surface area contributed by atoms with Crippen LogP contribution in [0.15, 0.2) is 83.8 Å². The lowest BCUT2D eigenvalue weighted by Gasteiger charge is -2.32. The molecule has 196 valence electrons. The summed E-state index contributed by atoms with van der Waals surface area (Å²) in [6.07, 6.45) is 0.744. The fourth-order valence-corrected chi connectivity index (χ4v) is 5.36. The average Bonchev–Trinajstić information content (AvgIpc) is 2.90. The molecule has 0 aliphatic heterocycles. The largest absolute Gasteiger partial charge is 0.354 e. The van der Waals surface area contributed by atoms with Crippen molar-refractivity contribution in [2.75, 3.05) is 17.4 Å². The molecular formula is C28H32ClN3O4S. The molecule has 37 heavy (non-hydrogen) atoms. The second-order valence-electron chi connectivity index (χ2n) is 8.74. The zero-order chi connectivity index (χ0) is 27.0. The molecule has 9 heteroatoms. The van der Waals surface area contributed by atoms with Crippen molar-refractivity contribution in [2.24, 2.45) is 0 Å². The van der Waals surface area contributed by atoms with Gasteiger partial charge in [-0.3, -0.25) is 13.9 Å². The van der Waals surface area contributed by atoms with Crippen molar-refractivity contribution in [2.45, 2.75) is 44.7 Å². The van der Waals surface area contributed by atoms with Gasteiger partial charge in [0.15, 0.2) is 0 Å². The van der Waals surface area contributed by atoms with Gasteiger partial charge in [0.1, 0.15) is 12.6 Å². The van der Waals surface area contributed by atoms with Gasteiger partial charge in [0.05, 0.1) is 10.6 Å². The molecule has 0 saturated heterocycles. The minimum atomic E-state index is -4.08. The van der Waals surface area contributed by atoms with Crippen LogP contribution in [0, 0.1) is 6.92 Å². The first kappa shape index (κ1) is 28.2. The Morgan fingerprint density at radius 2 is 1.57 bits per heavy atom. The Balaban J connectivity index is 2.00. The highest BCUT2D eigenvalue weighted by molar-refractivity contribution is 7.92. The quantitative estimate of drug-likeness (QED) is 0.378. The van der Waals surface area contributed by atoms with E-state index in [0.29, 0.717) is 22.8 Å². The number of nitrogens with one attached hydrogen (secondary N) is 1. The molecule has 2 amide bonds. The zero-order valence-electron chi connectivity index (χ0n) is 21.2. The van der Waals surface area contributed by atoms with Crippen LogP contribution in [0.3, 0.4) is 0 Å². The maximum absolute atomic E-state index is 13.8. The first-order chi connectivity index (χ1) is 17.6. The third-order valence-electron chi connectivity index (χ3n) is 5.95. The third kappa shape index (κ3) is 7.11. The van der Waals surface area contributed by atoms with E-state index in [1.807, 2.05) is 13.8 Å². The Morgan fingerprint density at radius 1 is 0.946 bits per heavy atom. The van der Waals surface area contributed by atoms with E-state index < -0.39 is 28.5 Å². The highest BCUT2D eigenvalue weighted by Gasteiger charge is 2.32. The van der Waals surface area contributed by atoms with Gasteiger partial charge in [-0.15, -0.1) is 0 Å². The van der Waals surface area contributed by atoms with Crippen molar-refractivity contribution in [1.82, 2.24) is 10.2 Å². The molecule has 3 rings (SSSR count). The number of halogens is 1. The number of benzene rings is 3. The fourth-order valence-electron chi connectivity index (χ4n) is 3.75. The average molecular weight is 542 g/mol. The first-order valence-electron chi connectivity index (χ1n) is 12.1. The third-order valence-corrected chi connectivity index (χ3v) is 8.10. The van der Waals surface area contributed by atoms with Crippen molar-refractivity contribution in [3.05, 3.63) is 95.0 Å². The number of nitrogens with zero attached hydrogens (tertiary/aromatic N) is 2. The van der Waals surface area contributed by atoms with Crippen molar-refractivity contribution < 1.29 is 18.0 Å². The minimum Gasteiger partial charge on any atom is -0.354 e. The van der Waals surface area contributed by atoms with Gasteiger partial charge in [-0.25, -0.2) is 8.42 Å². The maximum atomic E-state index is 13.8. The number of sulfonamides is 1. The molecule has 0 aromatic heterocycles. The normalized spacial score (nSPS) is 12.0. The van der Waals surface area contributed by atoms with Gasteiger partial charge in [-0.2, -0.15) is 0 Å². The first-order valence-corrected chi connectivity index (χ1v) is 13.9. The van der Waals surface area contributed by atoms with Gasteiger partial charge in [0.2, 0.25) is 11.8 Å². The van der Waals surface area contributed by atoms with E-state index in [-0.39, 0.29) is 17.3 Å². The number of hydrogen-bond donors (Lipinski definition) is 1. The van der Waals surface area contributed by atoms with E-state index in [9.17, 15) is 18.0 Å². The summed E-state index contributed by atoms with van der Waals surface area (Å²) in [7, 11) is -4.08. The molecule has 1 atom stereocenters. The van der Waals surface area contributed by atoms with Crippen molar-refractivity contribution in [3.8, 4) is 0 Å². The smallest absolute Gasteiger partial charge is 0.264 e. The summed E-state index contributed by atoms with van der Waals surface area (Å²) >= 11 is 6.36. The van der Waals surface area contributed by atoms with E-state index in [2.05, 4.69) is 5.32 Å². The van der Waals surface area contributed by atoms with Crippen LogP contribution in [0.2, 0.25) is 5.02 Å². The second-order valence-corrected chi connectivity index (χ2v) is 11.0. The Labute approximate surface area is 224 Å². The van der Waals surface area contributed by atoms with Crippen LogP contribution in [0.4, 0.5) is 5.69 Å². The Hall–Kier alpha value is -3.36. The molecule has 3 aromatic rings. The summed E-state index contributed by atoms with van der Waals surface area (Å²) in [4.78, 5) is 28.1. The fraction of sp³-hybridized carbons (Fsp3) is 0.286. The van der Waals surface area contributed by atoms with E-state index in [0.717, 1.165) is 16.3 Å². The van der Waals surface area contributed by atoms with E-state index in [1.54, 1.807) is 73.7 Å². The monoisotopic (exact) mass is 541 g/mol. The molecule has 0 spiro atoms. The second kappa shape index (κ2) is 12.7. The molecule has 7 nitrogen and oxygen atoms in total. The van der Waals surface area contributed by atoms with Crippen LogP contribution in [-0.4, -0.2) is 44.3 Å². The molecule has 1 N–H and O–H groups in total. The number of aryl methyl sites for hydroxylation is 1. The predicted octanol–water partition coefficient (Wildman–Crippen LogP) is 4.79. The number of hydrogen-bond acceptors (Lipinski definition) is 4. The number of anilines is 1. The lowest BCUT2D eigenvalue weighted by molar-refractivity contribution is -0.139. The molecule has 0 radical (unpaired) electrons. The summed E-state index contributed by atoms with van der Waals surface area (Å²) in [6.45, 7) is 5.45. The van der Waals surface area contributed by atoms with Gasteiger partial charge in [0, 0.05) is 18.1 Å². The maximum Gasteiger partial charge on any atom is 0.264 e. The van der Waals surface area contributed by atoms with Crippen LogP contribution in [0.25, 0.3) is 0 Å². The van der Waals surface area contributed by atoms with Crippen LogP contribution in [0.5, 0.6) is 0 Å². The van der Waals surface area contributed by atoms with E-state index in [4.69, 9.17) is 11.6 Å². The van der Waals surface area contributed by atoms with Crippen LogP contribution in [0.1, 0.15) is 31.4 Å². The molecular weight excluding hydrogens is 510 g/mol. The lowest BCUT2D eigenvalue weighted by Crippen LogP contribution is -2.51. The Bertz CT molecular complexity index is 1310. The number of para-hydroxylation sites is 1. The number of carbonyl (C=O) groups is 2. The summed E-state index contributed by atoms with van der Waals surface area (Å²) in [5, 5.41) is 3.27. The highest BCUT2D eigenvalue weighted by Crippen LogP contribution is 2.25. The molecule has 0 aliphatic rings. The van der Waals surface area contributed by atoms with Crippen LogP contribution in [-0.2, 0) is 26.2 Å². The highest BCUT2D eigenvalue weighted by atomic mass is 35.5. The Kier molecular flexibility index (Phi) is 9.72.